The van der Waals surface area contributed by atoms with Gasteiger partial charge in [0.25, 0.3) is 5.91 Å². The lowest BCUT2D eigenvalue weighted by atomic mass is 10.1. The summed E-state index contributed by atoms with van der Waals surface area (Å²) in [6, 6.07) is 14.4. The number of nitrogens with zero attached hydrogens (tertiary/aromatic N) is 2. The molecule has 178 valence electrons. The molecule has 0 saturated carbocycles. The van der Waals surface area contributed by atoms with Gasteiger partial charge in [-0.25, -0.2) is 0 Å². The predicted molar refractivity (Wildman–Crippen MR) is 141 cm³/mol. The molecule has 2 aliphatic heterocycles. The highest BCUT2D eigenvalue weighted by molar-refractivity contribution is 8.04. The van der Waals surface area contributed by atoms with Crippen molar-refractivity contribution in [3.63, 3.8) is 0 Å². The van der Waals surface area contributed by atoms with Crippen molar-refractivity contribution < 1.29 is 9.53 Å². The van der Waals surface area contributed by atoms with Crippen molar-refractivity contribution in [1.82, 2.24) is 10.2 Å². The Morgan fingerprint density at radius 2 is 2.00 bits per heavy atom. The molecule has 0 radical (unpaired) electrons. The molecule has 0 saturated heterocycles. The lowest BCUT2D eigenvalue weighted by molar-refractivity contribution is -0.114. The van der Waals surface area contributed by atoms with Crippen molar-refractivity contribution in [2.45, 2.75) is 39.0 Å². The highest BCUT2D eigenvalue weighted by atomic mass is 32.2. The summed E-state index contributed by atoms with van der Waals surface area (Å²) in [5.74, 6) is 7.27. The first kappa shape index (κ1) is 24.3. The van der Waals surface area contributed by atoms with E-state index < -0.39 is 0 Å². The van der Waals surface area contributed by atoms with Crippen LogP contribution in [0.15, 0.2) is 53.1 Å². The molecule has 2 aromatic carbocycles. The zero-order valence-corrected chi connectivity index (χ0v) is 21.3. The van der Waals surface area contributed by atoms with E-state index in [1.807, 2.05) is 23.1 Å². The lowest BCUT2D eigenvalue weighted by Crippen LogP contribution is -2.37. The normalized spacial score (nSPS) is 17.4. The molecular weight excluding hydrogens is 442 g/mol. The highest BCUT2D eigenvalue weighted by Gasteiger charge is 2.36. The molecule has 2 heterocycles. The number of hydrogen-bond acceptors (Lipinski definition) is 5. The summed E-state index contributed by atoms with van der Waals surface area (Å²) in [5.41, 5.74) is 5.17. The summed E-state index contributed by atoms with van der Waals surface area (Å²) in [4.78, 5) is 18.4. The number of anilines is 1. The number of rotatable bonds is 7. The molecule has 4 rings (SSSR count). The molecule has 34 heavy (non-hydrogen) atoms. The first-order valence-corrected chi connectivity index (χ1v) is 12.9. The summed E-state index contributed by atoms with van der Waals surface area (Å²) in [7, 11) is 1.65. The average Bonchev–Trinajstić information content (AvgIpc) is 3.29. The van der Waals surface area contributed by atoms with E-state index in [1.165, 1.54) is 11.1 Å². The van der Waals surface area contributed by atoms with Crippen LogP contribution in [0.4, 0.5) is 5.69 Å². The fourth-order valence-electron chi connectivity index (χ4n) is 4.26. The zero-order chi connectivity index (χ0) is 24.1. The minimum Gasteiger partial charge on any atom is -0.495 e. The van der Waals surface area contributed by atoms with Crippen LogP contribution < -0.4 is 15.0 Å². The Morgan fingerprint density at radius 3 is 2.71 bits per heavy atom. The van der Waals surface area contributed by atoms with Gasteiger partial charge in [0.05, 0.1) is 24.1 Å². The van der Waals surface area contributed by atoms with Crippen molar-refractivity contribution in [1.29, 1.82) is 0 Å². The van der Waals surface area contributed by atoms with Gasteiger partial charge in [-0.2, -0.15) is 0 Å². The maximum atomic E-state index is 13.4. The van der Waals surface area contributed by atoms with Crippen molar-refractivity contribution in [3.05, 3.63) is 69.8 Å². The number of carbonyl (C=O) groups excluding carboxylic acids is 1. The number of thioether (sulfide) groups is 1. The standard InChI is InChI=1S/C28H33N3O2S/c1-5-16-30(6-2)17-7-8-21-13-14-23(19-25(21)33-4)31-18-15-24-26(28(31)32)34-27(29-24)22-11-9-20(3)10-12-22/h9-14,19,27,29H,5-6,15-18H2,1-4H3. The number of nitrogens with one attached hydrogen (secondary N) is 1. The largest absolute Gasteiger partial charge is 0.495 e. The Kier molecular flexibility index (Phi) is 7.87. The fraction of sp³-hybridized carbons (Fsp3) is 0.393. The molecule has 1 N–H and O–H groups in total. The summed E-state index contributed by atoms with van der Waals surface area (Å²) in [6.07, 6.45) is 1.93. The van der Waals surface area contributed by atoms with Gasteiger partial charge in [-0.15, -0.1) is 0 Å². The van der Waals surface area contributed by atoms with Crippen molar-refractivity contribution >= 4 is 23.4 Å². The number of methoxy groups -OCH3 is 1. The summed E-state index contributed by atoms with van der Waals surface area (Å²) in [6.45, 7) is 9.84. The van der Waals surface area contributed by atoms with Gasteiger partial charge >= 0.3 is 0 Å². The van der Waals surface area contributed by atoms with Crippen LogP contribution in [0.1, 0.15) is 48.8 Å². The summed E-state index contributed by atoms with van der Waals surface area (Å²) in [5, 5.41) is 3.64. The number of hydrogen-bond donors (Lipinski definition) is 1. The van der Waals surface area contributed by atoms with Crippen molar-refractivity contribution in [2.24, 2.45) is 0 Å². The quantitative estimate of drug-likeness (QED) is 0.567. The molecule has 1 atom stereocenters. The molecule has 5 nitrogen and oxygen atoms in total. The molecule has 0 fully saturated rings. The monoisotopic (exact) mass is 475 g/mol. The first-order chi connectivity index (χ1) is 16.5. The van der Waals surface area contributed by atoms with E-state index in [9.17, 15) is 4.79 Å². The van der Waals surface area contributed by atoms with E-state index in [0.29, 0.717) is 12.3 Å². The molecular formula is C28H33N3O2S. The Balaban J connectivity index is 1.48. The Hall–Kier alpha value is -2.88. The second-order valence-corrected chi connectivity index (χ2v) is 9.74. The van der Waals surface area contributed by atoms with Crippen molar-refractivity contribution in [2.75, 3.05) is 38.2 Å². The third-order valence-electron chi connectivity index (χ3n) is 6.23. The molecule has 0 aliphatic carbocycles. The highest BCUT2D eigenvalue weighted by Crippen LogP contribution is 2.44. The predicted octanol–water partition coefficient (Wildman–Crippen LogP) is 5.07. The fourth-order valence-corrected chi connectivity index (χ4v) is 5.50. The van der Waals surface area contributed by atoms with Crippen LogP contribution in [0, 0.1) is 18.8 Å². The second-order valence-electron chi connectivity index (χ2n) is 8.62. The van der Waals surface area contributed by atoms with Gasteiger partial charge in [0.2, 0.25) is 0 Å². The third-order valence-corrected chi connectivity index (χ3v) is 7.51. The maximum absolute atomic E-state index is 13.4. The Labute approximate surface area is 207 Å². The van der Waals surface area contributed by atoms with Gasteiger partial charge < -0.3 is 15.0 Å². The molecule has 6 heteroatoms. The van der Waals surface area contributed by atoms with E-state index >= 15 is 0 Å². The van der Waals surface area contributed by atoms with Gasteiger partial charge in [0.15, 0.2) is 0 Å². The van der Waals surface area contributed by atoms with E-state index in [-0.39, 0.29) is 11.3 Å². The third kappa shape index (κ3) is 5.27. The minimum atomic E-state index is 0.0485. The summed E-state index contributed by atoms with van der Waals surface area (Å²) >= 11 is 1.61. The molecule has 2 aliphatic rings. The SMILES string of the molecule is CCCN(CC)CC#Cc1ccc(N2CCC3=C(SC(c4ccc(C)cc4)N3)C2=O)cc1OC. The number of benzene rings is 2. The molecule has 0 spiro atoms. The molecule has 2 aromatic rings. The average molecular weight is 476 g/mol. The number of amides is 1. The number of aryl methyl sites for hydroxylation is 1. The van der Waals surface area contributed by atoms with E-state index in [2.05, 4.69) is 67.1 Å². The smallest absolute Gasteiger partial charge is 0.266 e. The van der Waals surface area contributed by atoms with Crippen LogP contribution in [0.5, 0.6) is 5.75 Å². The lowest BCUT2D eigenvalue weighted by Gasteiger charge is -2.27. The van der Waals surface area contributed by atoms with Crippen LogP contribution in [0.25, 0.3) is 0 Å². The Bertz CT molecular complexity index is 1130. The maximum Gasteiger partial charge on any atom is 0.266 e. The van der Waals surface area contributed by atoms with Gasteiger partial charge in [-0.3, -0.25) is 9.69 Å². The minimum absolute atomic E-state index is 0.0485. The Morgan fingerprint density at radius 1 is 1.21 bits per heavy atom. The van der Waals surface area contributed by atoms with Gasteiger partial charge in [-0.05, 0) is 44.1 Å². The van der Waals surface area contributed by atoms with Crippen LogP contribution >= 0.6 is 11.8 Å². The molecule has 0 bridgehead atoms. The van der Waals surface area contributed by atoms with Gasteiger partial charge in [0, 0.05) is 30.4 Å². The van der Waals surface area contributed by atoms with Crippen LogP contribution in [-0.2, 0) is 4.79 Å². The van der Waals surface area contributed by atoms with E-state index in [1.54, 1.807) is 18.9 Å². The number of ether oxygens (including phenoxy) is 1. The second kappa shape index (κ2) is 11.0. The first-order valence-electron chi connectivity index (χ1n) is 12.0. The van der Waals surface area contributed by atoms with Gasteiger partial charge in [-0.1, -0.05) is 67.3 Å². The molecule has 1 amide bonds. The van der Waals surface area contributed by atoms with Crippen molar-refractivity contribution in [3.8, 4) is 17.6 Å². The van der Waals surface area contributed by atoms with Gasteiger partial charge in [0.1, 0.15) is 11.1 Å². The molecule has 0 aromatic heterocycles. The number of carbonyl (C=O) groups is 1. The van der Waals surface area contributed by atoms with Crippen LogP contribution in [0.2, 0.25) is 0 Å². The van der Waals surface area contributed by atoms with E-state index in [0.717, 1.165) is 54.3 Å². The van der Waals surface area contributed by atoms with E-state index in [4.69, 9.17) is 4.74 Å². The van der Waals surface area contributed by atoms with Crippen LogP contribution in [-0.4, -0.2) is 44.1 Å². The summed E-state index contributed by atoms with van der Waals surface area (Å²) < 4.78 is 5.63. The van der Waals surface area contributed by atoms with Crippen LogP contribution in [0.3, 0.4) is 0 Å². The molecule has 1 unspecified atom stereocenters. The zero-order valence-electron chi connectivity index (χ0n) is 20.5. The topological polar surface area (TPSA) is 44.8 Å².